The second kappa shape index (κ2) is 4.20. The molecule has 19 heavy (non-hydrogen) atoms. The van der Waals surface area contributed by atoms with Gasteiger partial charge >= 0.3 is 5.69 Å². The molecule has 0 unspecified atom stereocenters. The highest BCUT2D eigenvalue weighted by molar-refractivity contribution is 9.10. The number of fused-ring (bicyclic) bond motifs is 1. The minimum atomic E-state index is -0.392. The molecule has 0 bridgehead atoms. The molecule has 0 radical (unpaired) electrons. The summed E-state index contributed by atoms with van der Waals surface area (Å²) in [5.41, 5.74) is 0.360. The quantitative estimate of drug-likeness (QED) is 0.712. The molecular formula is C12H9BrN4O2. The summed E-state index contributed by atoms with van der Waals surface area (Å²) in [4.78, 5) is 33.3. The predicted octanol–water partition coefficient (Wildman–Crippen LogP) is 1.47. The van der Waals surface area contributed by atoms with Crippen LogP contribution in [0.25, 0.3) is 16.9 Å². The van der Waals surface area contributed by atoms with Gasteiger partial charge in [0.2, 0.25) is 0 Å². The maximum absolute atomic E-state index is 12.0. The largest absolute Gasteiger partial charge is 0.332 e. The number of hydrogen-bond donors (Lipinski definition) is 2. The molecular weight excluding hydrogens is 312 g/mol. The number of benzene rings is 1. The molecule has 3 rings (SSSR count). The van der Waals surface area contributed by atoms with Crippen LogP contribution in [0.2, 0.25) is 0 Å². The SMILES string of the molecule is Cc1nc2[nH]c(=O)n(-c3cccc(Br)c3)c2c(=O)[nH]1. The molecule has 0 saturated heterocycles. The third kappa shape index (κ3) is 1.91. The van der Waals surface area contributed by atoms with Gasteiger partial charge in [0.25, 0.3) is 5.56 Å². The highest BCUT2D eigenvalue weighted by atomic mass is 79.9. The van der Waals surface area contributed by atoms with Gasteiger partial charge in [-0.05, 0) is 25.1 Å². The standard InChI is InChI=1S/C12H9BrN4O2/c1-6-14-10-9(11(18)15-6)17(12(19)16-10)8-4-2-3-7(13)5-8/h2-5H,1H3,(H2,14,15,16,18,19). The number of H-pyrrole nitrogens is 2. The van der Waals surface area contributed by atoms with Gasteiger partial charge in [0.05, 0.1) is 5.69 Å². The third-order valence-electron chi connectivity index (χ3n) is 2.73. The fourth-order valence-corrected chi connectivity index (χ4v) is 2.38. The summed E-state index contributed by atoms with van der Waals surface area (Å²) >= 11 is 3.34. The number of aromatic amines is 2. The summed E-state index contributed by atoms with van der Waals surface area (Å²) in [6.45, 7) is 1.66. The minimum Gasteiger partial charge on any atom is -0.309 e. The first-order valence-corrected chi connectivity index (χ1v) is 6.33. The summed E-state index contributed by atoms with van der Waals surface area (Å²) < 4.78 is 2.13. The number of nitrogens with one attached hydrogen (secondary N) is 2. The molecule has 3 aromatic rings. The van der Waals surface area contributed by atoms with Crippen molar-refractivity contribution in [3.05, 3.63) is 55.4 Å². The number of aromatic nitrogens is 4. The van der Waals surface area contributed by atoms with Crippen LogP contribution >= 0.6 is 15.9 Å². The van der Waals surface area contributed by atoms with Crippen molar-refractivity contribution >= 4 is 27.1 Å². The van der Waals surface area contributed by atoms with E-state index in [0.717, 1.165) is 4.47 Å². The lowest BCUT2D eigenvalue weighted by Gasteiger charge is -2.03. The van der Waals surface area contributed by atoms with Gasteiger partial charge in [0, 0.05) is 4.47 Å². The van der Waals surface area contributed by atoms with Crippen molar-refractivity contribution in [2.24, 2.45) is 0 Å². The van der Waals surface area contributed by atoms with Crippen LogP contribution in [-0.4, -0.2) is 19.5 Å². The van der Waals surface area contributed by atoms with Crippen LogP contribution in [-0.2, 0) is 0 Å². The fraction of sp³-hybridized carbons (Fsp3) is 0.0833. The predicted molar refractivity (Wildman–Crippen MR) is 74.7 cm³/mol. The van der Waals surface area contributed by atoms with Crippen LogP contribution in [0.15, 0.2) is 38.3 Å². The van der Waals surface area contributed by atoms with E-state index in [1.54, 1.807) is 25.1 Å². The summed E-state index contributed by atoms with van der Waals surface area (Å²) in [5.74, 6) is 0.458. The minimum absolute atomic E-state index is 0.216. The zero-order valence-electron chi connectivity index (χ0n) is 9.90. The van der Waals surface area contributed by atoms with Crippen molar-refractivity contribution in [2.45, 2.75) is 6.92 Å². The Morgan fingerprint density at radius 3 is 2.79 bits per heavy atom. The summed E-state index contributed by atoms with van der Waals surface area (Å²) in [6.07, 6.45) is 0. The Hall–Kier alpha value is -2.15. The van der Waals surface area contributed by atoms with E-state index < -0.39 is 5.69 Å². The van der Waals surface area contributed by atoms with Gasteiger partial charge < -0.3 is 4.98 Å². The molecule has 2 N–H and O–H groups in total. The average molecular weight is 321 g/mol. The molecule has 0 aliphatic rings. The van der Waals surface area contributed by atoms with Crippen LogP contribution < -0.4 is 11.2 Å². The highest BCUT2D eigenvalue weighted by Gasteiger charge is 2.13. The van der Waals surface area contributed by atoms with E-state index in [1.165, 1.54) is 4.57 Å². The Labute approximate surface area is 115 Å². The smallest absolute Gasteiger partial charge is 0.309 e. The molecule has 0 saturated carbocycles. The summed E-state index contributed by atoms with van der Waals surface area (Å²) in [6, 6.07) is 7.14. The Balaban J connectivity index is 2.45. The normalized spacial score (nSPS) is 11.1. The molecule has 0 aliphatic heterocycles. The van der Waals surface area contributed by atoms with Gasteiger partial charge in [-0.15, -0.1) is 0 Å². The Bertz CT molecular complexity index is 891. The first-order chi connectivity index (χ1) is 9.06. The molecule has 0 atom stereocenters. The van der Waals surface area contributed by atoms with E-state index in [4.69, 9.17) is 0 Å². The Morgan fingerprint density at radius 1 is 1.26 bits per heavy atom. The zero-order chi connectivity index (χ0) is 13.6. The van der Waals surface area contributed by atoms with Crippen molar-refractivity contribution in [1.82, 2.24) is 19.5 Å². The second-order valence-corrected chi connectivity index (χ2v) is 5.01. The zero-order valence-corrected chi connectivity index (χ0v) is 11.5. The van der Waals surface area contributed by atoms with Crippen molar-refractivity contribution in [1.29, 1.82) is 0 Å². The van der Waals surface area contributed by atoms with E-state index in [1.807, 2.05) is 6.07 Å². The number of aryl methyl sites for hydroxylation is 1. The Kier molecular flexibility index (Phi) is 2.63. The van der Waals surface area contributed by atoms with Crippen molar-refractivity contribution in [2.75, 3.05) is 0 Å². The van der Waals surface area contributed by atoms with Crippen LogP contribution in [0.5, 0.6) is 0 Å². The topological polar surface area (TPSA) is 83.5 Å². The number of nitrogens with zero attached hydrogens (tertiary/aromatic N) is 2. The Morgan fingerprint density at radius 2 is 2.05 bits per heavy atom. The number of halogens is 1. The lowest BCUT2D eigenvalue weighted by Crippen LogP contribution is -2.19. The number of rotatable bonds is 1. The molecule has 6 nitrogen and oxygen atoms in total. The second-order valence-electron chi connectivity index (χ2n) is 4.09. The lowest BCUT2D eigenvalue weighted by atomic mass is 10.3. The molecule has 0 amide bonds. The maximum atomic E-state index is 12.0. The van der Waals surface area contributed by atoms with Crippen molar-refractivity contribution in [3.63, 3.8) is 0 Å². The third-order valence-corrected chi connectivity index (χ3v) is 3.23. The molecule has 96 valence electrons. The van der Waals surface area contributed by atoms with Gasteiger partial charge in [0.15, 0.2) is 11.2 Å². The molecule has 0 fully saturated rings. The first kappa shape index (κ1) is 11.9. The van der Waals surface area contributed by atoms with E-state index in [0.29, 0.717) is 11.5 Å². The van der Waals surface area contributed by atoms with Gasteiger partial charge in [-0.2, -0.15) is 0 Å². The van der Waals surface area contributed by atoms with Crippen molar-refractivity contribution < 1.29 is 0 Å². The van der Waals surface area contributed by atoms with Crippen LogP contribution in [0, 0.1) is 6.92 Å². The summed E-state index contributed by atoms with van der Waals surface area (Å²) in [7, 11) is 0. The van der Waals surface area contributed by atoms with E-state index in [2.05, 4.69) is 30.9 Å². The molecule has 1 aromatic carbocycles. The van der Waals surface area contributed by atoms with Gasteiger partial charge in [-0.1, -0.05) is 22.0 Å². The molecule has 2 aromatic heterocycles. The van der Waals surface area contributed by atoms with E-state index in [9.17, 15) is 9.59 Å². The molecule has 0 aliphatic carbocycles. The average Bonchev–Trinajstić information content (AvgIpc) is 2.65. The molecule has 7 heteroatoms. The van der Waals surface area contributed by atoms with Gasteiger partial charge in [-0.3, -0.25) is 14.3 Å². The van der Waals surface area contributed by atoms with Crippen LogP contribution in [0.4, 0.5) is 0 Å². The highest BCUT2D eigenvalue weighted by Crippen LogP contribution is 2.16. The summed E-state index contributed by atoms with van der Waals surface area (Å²) in [5, 5.41) is 0. The molecule has 0 spiro atoms. The van der Waals surface area contributed by atoms with E-state index >= 15 is 0 Å². The number of hydrogen-bond acceptors (Lipinski definition) is 3. The number of imidazole rings is 1. The van der Waals surface area contributed by atoms with Gasteiger partial charge in [-0.25, -0.2) is 9.78 Å². The van der Waals surface area contributed by atoms with Crippen LogP contribution in [0.3, 0.4) is 0 Å². The fourth-order valence-electron chi connectivity index (χ4n) is 1.99. The van der Waals surface area contributed by atoms with E-state index in [-0.39, 0.29) is 16.7 Å². The van der Waals surface area contributed by atoms with Crippen LogP contribution in [0.1, 0.15) is 5.82 Å². The van der Waals surface area contributed by atoms with Crippen molar-refractivity contribution in [3.8, 4) is 5.69 Å². The first-order valence-electron chi connectivity index (χ1n) is 5.54. The lowest BCUT2D eigenvalue weighted by molar-refractivity contribution is 1.00. The van der Waals surface area contributed by atoms with Gasteiger partial charge in [0.1, 0.15) is 5.82 Å². The maximum Gasteiger partial charge on any atom is 0.332 e. The molecule has 2 heterocycles. The monoisotopic (exact) mass is 320 g/mol.